The van der Waals surface area contributed by atoms with Gasteiger partial charge in [-0.05, 0) is 23.9 Å². The van der Waals surface area contributed by atoms with E-state index in [4.69, 9.17) is 11.0 Å². The van der Waals surface area contributed by atoms with E-state index in [9.17, 15) is 0 Å². The van der Waals surface area contributed by atoms with Crippen LogP contribution in [0.1, 0.15) is 22.9 Å². The number of nitrogens with two attached hydrogens (primary N) is 1. The molecule has 2 nitrogen and oxygen atoms in total. The first-order chi connectivity index (χ1) is 5.24. The van der Waals surface area contributed by atoms with Crippen LogP contribution in [-0.2, 0) is 0 Å². The zero-order valence-corrected chi connectivity index (χ0v) is 7.19. The molecule has 0 fully saturated rings. The van der Waals surface area contributed by atoms with Gasteiger partial charge in [-0.15, -0.1) is 11.3 Å². The lowest BCUT2D eigenvalue weighted by Crippen LogP contribution is -2.07. The molecule has 3 heteroatoms. The summed E-state index contributed by atoms with van der Waals surface area (Å²) >= 11 is 1.67. The molecule has 0 aromatic carbocycles. The fourth-order valence-electron chi connectivity index (χ4n) is 0.874. The molecule has 0 saturated heterocycles. The van der Waals surface area contributed by atoms with Gasteiger partial charge in [-0.1, -0.05) is 0 Å². The average Bonchev–Trinajstić information content (AvgIpc) is 2.36. The molecule has 2 N–H and O–H groups in total. The first kappa shape index (κ1) is 8.25. The van der Waals surface area contributed by atoms with Crippen molar-refractivity contribution in [3.05, 3.63) is 21.9 Å². The maximum atomic E-state index is 8.38. The zero-order valence-electron chi connectivity index (χ0n) is 6.37. The van der Waals surface area contributed by atoms with Crippen molar-refractivity contribution in [1.29, 1.82) is 5.26 Å². The monoisotopic (exact) mass is 166 g/mol. The lowest BCUT2D eigenvalue weighted by atomic mass is 10.1. The summed E-state index contributed by atoms with van der Waals surface area (Å²) < 4.78 is 0. The van der Waals surface area contributed by atoms with E-state index in [-0.39, 0.29) is 6.04 Å². The van der Waals surface area contributed by atoms with Gasteiger partial charge < -0.3 is 5.73 Å². The van der Waals surface area contributed by atoms with E-state index < -0.39 is 0 Å². The standard InChI is InChI=1S/C8H10N2S/c1-6-4-7(5-11-6)8(10)2-3-9/h4-5,8H,2,10H2,1H3/t8-/m0/s1. The van der Waals surface area contributed by atoms with Crippen molar-refractivity contribution in [2.75, 3.05) is 0 Å². The number of rotatable bonds is 2. The topological polar surface area (TPSA) is 49.8 Å². The second-order valence-electron chi connectivity index (χ2n) is 2.46. The molecule has 1 atom stereocenters. The first-order valence-corrected chi connectivity index (χ1v) is 4.29. The van der Waals surface area contributed by atoms with Gasteiger partial charge in [-0.3, -0.25) is 0 Å². The van der Waals surface area contributed by atoms with Crippen LogP contribution >= 0.6 is 11.3 Å². The van der Waals surface area contributed by atoms with Crippen LogP contribution in [0.15, 0.2) is 11.4 Å². The molecular formula is C8H10N2S. The highest BCUT2D eigenvalue weighted by molar-refractivity contribution is 7.10. The molecule has 0 aliphatic heterocycles. The van der Waals surface area contributed by atoms with Crippen molar-refractivity contribution >= 4 is 11.3 Å². The van der Waals surface area contributed by atoms with Gasteiger partial charge in [0.15, 0.2) is 0 Å². The van der Waals surface area contributed by atoms with Crippen molar-refractivity contribution in [2.24, 2.45) is 5.73 Å². The smallest absolute Gasteiger partial charge is 0.0641 e. The Morgan fingerprint density at radius 1 is 1.82 bits per heavy atom. The highest BCUT2D eigenvalue weighted by atomic mass is 32.1. The number of hydrogen-bond donors (Lipinski definition) is 1. The molecule has 1 aromatic rings. The van der Waals surface area contributed by atoms with E-state index >= 15 is 0 Å². The molecular weight excluding hydrogens is 156 g/mol. The summed E-state index contributed by atoms with van der Waals surface area (Å²) in [7, 11) is 0. The second-order valence-corrected chi connectivity index (χ2v) is 3.57. The largest absolute Gasteiger partial charge is 0.323 e. The van der Waals surface area contributed by atoms with Gasteiger partial charge >= 0.3 is 0 Å². The highest BCUT2D eigenvalue weighted by Crippen LogP contribution is 2.20. The molecule has 0 aliphatic carbocycles. The molecule has 0 spiro atoms. The maximum Gasteiger partial charge on any atom is 0.0641 e. The summed E-state index contributed by atoms with van der Waals surface area (Å²) in [6, 6.07) is 3.98. The molecule has 0 radical (unpaired) electrons. The van der Waals surface area contributed by atoms with Crippen LogP contribution in [0.5, 0.6) is 0 Å². The van der Waals surface area contributed by atoms with Crippen LogP contribution in [0.2, 0.25) is 0 Å². The van der Waals surface area contributed by atoms with E-state index in [1.807, 2.05) is 18.4 Å². The number of hydrogen-bond acceptors (Lipinski definition) is 3. The minimum absolute atomic E-state index is 0.107. The van der Waals surface area contributed by atoms with Crippen molar-refractivity contribution in [3.8, 4) is 6.07 Å². The van der Waals surface area contributed by atoms with Gasteiger partial charge in [-0.25, -0.2) is 0 Å². The molecule has 0 aliphatic rings. The summed E-state index contributed by atoms with van der Waals surface area (Å²) in [5.74, 6) is 0. The Kier molecular flexibility index (Phi) is 2.64. The minimum atomic E-state index is -0.107. The lowest BCUT2D eigenvalue weighted by Gasteiger charge is -2.01. The highest BCUT2D eigenvalue weighted by Gasteiger charge is 2.05. The van der Waals surface area contributed by atoms with Crippen molar-refractivity contribution in [1.82, 2.24) is 0 Å². The molecule has 1 aromatic heterocycles. The second kappa shape index (κ2) is 3.51. The molecule has 0 bridgehead atoms. The number of nitrogens with zero attached hydrogens (tertiary/aromatic N) is 1. The fraction of sp³-hybridized carbons (Fsp3) is 0.375. The maximum absolute atomic E-state index is 8.38. The predicted octanol–water partition coefficient (Wildman–Crippen LogP) is 1.97. The Balaban J connectivity index is 2.70. The van der Waals surface area contributed by atoms with Crippen LogP contribution in [-0.4, -0.2) is 0 Å². The van der Waals surface area contributed by atoms with Crippen LogP contribution < -0.4 is 5.73 Å². The Hall–Kier alpha value is -0.850. The van der Waals surface area contributed by atoms with Crippen LogP contribution in [0.4, 0.5) is 0 Å². The van der Waals surface area contributed by atoms with Crippen LogP contribution in [0.25, 0.3) is 0 Å². The number of aryl methyl sites for hydroxylation is 1. The number of nitriles is 1. The van der Waals surface area contributed by atoms with E-state index in [0.29, 0.717) is 6.42 Å². The number of thiophene rings is 1. The summed E-state index contributed by atoms with van der Waals surface area (Å²) in [5.41, 5.74) is 6.78. The van der Waals surface area contributed by atoms with E-state index in [2.05, 4.69) is 6.07 Å². The first-order valence-electron chi connectivity index (χ1n) is 3.41. The SMILES string of the molecule is Cc1cc([C@@H](N)CC#N)cs1. The van der Waals surface area contributed by atoms with E-state index in [1.54, 1.807) is 11.3 Å². The summed E-state index contributed by atoms with van der Waals surface area (Å²) in [4.78, 5) is 1.24. The van der Waals surface area contributed by atoms with E-state index in [1.165, 1.54) is 4.88 Å². The van der Waals surface area contributed by atoms with E-state index in [0.717, 1.165) is 5.56 Å². The molecule has 1 heterocycles. The third-order valence-electron chi connectivity index (χ3n) is 1.49. The minimum Gasteiger partial charge on any atom is -0.323 e. The Bertz CT molecular complexity index is 272. The summed E-state index contributed by atoms with van der Waals surface area (Å²) in [5, 5.41) is 10.4. The zero-order chi connectivity index (χ0) is 8.27. The van der Waals surface area contributed by atoms with Crippen molar-refractivity contribution in [3.63, 3.8) is 0 Å². The third kappa shape index (κ3) is 2.04. The molecule has 58 valence electrons. The predicted molar refractivity (Wildman–Crippen MR) is 46.2 cm³/mol. The van der Waals surface area contributed by atoms with Gasteiger partial charge in [-0.2, -0.15) is 5.26 Å². The molecule has 0 unspecified atom stereocenters. The van der Waals surface area contributed by atoms with Gasteiger partial charge in [0.2, 0.25) is 0 Å². The van der Waals surface area contributed by atoms with Crippen LogP contribution in [0, 0.1) is 18.3 Å². The third-order valence-corrected chi connectivity index (χ3v) is 2.37. The molecule has 11 heavy (non-hydrogen) atoms. The molecule has 0 amide bonds. The summed E-state index contributed by atoms with van der Waals surface area (Å²) in [6.07, 6.45) is 0.399. The Morgan fingerprint density at radius 2 is 2.55 bits per heavy atom. The van der Waals surface area contributed by atoms with Crippen molar-refractivity contribution < 1.29 is 0 Å². The van der Waals surface area contributed by atoms with Crippen LogP contribution in [0.3, 0.4) is 0 Å². The average molecular weight is 166 g/mol. The van der Waals surface area contributed by atoms with Gasteiger partial charge in [0, 0.05) is 10.9 Å². The summed E-state index contributed by atoms with van der Waals surface area (Å²) in [6.45, 7) is 2.03. The lowest BCUT2D eigenvalue weighted by molar-refractivity contribution is 0.751. The van der Waals surface area contributed by atoms with Gasteiger partial charge in [0.1, 0.15) is 0 Å². The molecule has 0 saturated carbocycles. The van der Waals surface area contributed by atoms with Gasteiger partial charge in [0.05, 0.1) is 12.5 Å². The fourth-order valence-corrected chi connectivity index (χ4v) is 1.64. The normalized spacial score (nSPS) is 12.5. The quantitative estimate of drug-likeness (QED) is 0.730. The van der Waals surface area contributed by atoms with Crippen molar-refractivity contribution in [2.45, 2.75) is 19.4 Å². The van der Waals surface area contributed by atoms with Gasteiger partial charge in [0.25, 0.3) is 0 Å². The Morgan fingerprint density at radius 3 is 3.00 bits per heavy atom. The molecule has 1 rings (SSSR count). The Labute approximate surface area is 70.3 Å².